The van der Waals surface area contributed by atoms with Gasteiger partial charge in [0.25, 0.3) is 0 Å². The SMILES string of the molecule is CCOC(=O)N/N=C\c1cc(Br)c(OC)c(OC)c1. The van der Waals surface area contributed by atoms with Crippen LogP contribution in [0.3, 0.4) is 0 Å². The van der Waals surface area contributed by atoms with Crippen LogP contribution in [0.15, 0.2) is 21.7 Å². The molecule has 7 heteroatoms. The van der Waals surface area contributed by atoms with E-state index in [1.54, 1.807) is 33.3 Å². The number of benzene rings is 1. The van der Waals surface area contributed by atoms with Crippen molar-refractivity contribution in [1.82, 2.24) is 5.43 Å². The van der Waals surface area contributed by atoms with Crippen LogP contribution in [0.25, 0.3) is 0 Å². The molecule has 0 heterocycles. The van der Waals surface area contributed by atoms with Gasteiger partial charge in [0.1, 0.15) is 0 Å². The third-order valence-corrected chi connectivity index (χ3v) is 2.69. The van der Waals surface area contributed by atoms with Crippen LogP contribution in [0.4, 0.5) is 4.79 Å². The van der Waals surface area contributed by atoms with Crippen molar-refractivity contribution in [2.45, 2.75) is 6.92 Å². The summed E-state index contributed by atoms with van der Waals surface area (Å²) in [5, 5.41) is 3.77. The molecule has 0 radical (unpaired) electrons. The average Bonchev–Trinajstić information content (AvgIpc) is 2.38. The number of methoxy groups -OCH3 is 2. The van der Waals surface area contributed by atoms with Crippen LogP contribution in [0.2, 0.25) is 0 Å². The van der Waals surface area contributed by atoms with Gasteiger partial charge in [-0.05, 0) is 40.5 Å². The predicted octanol–water partition coefficient (Wildman–Crippen LogP) is 2.55. The van der Waals surface area contributed by atoms with Gasteiger partial charge in [-0.1, -0.05) is 0 Å². The van der Waals surface area contributed by atoms with Crippen LogP contribution >= 0.6 is 15.9 Å². The van der Waals surface area contributed by atoms with Gasteiger partial charge in [0.2, 0.25) is 0 Å². The Morgan fingerprint density at radius 2 is 2.16 bits per heavy atom. The summed E-state index contributed by atoms with van der Waals surface area (Å²) in [4.78, 5) is 11.0. The third kappa shape index (κ3) is 4.44. The monoisotopic (exact) mass is 330 g/mol. The molecule has 0 aliphatic carbocycles. The molecule has 1 aromatic carbocycles. The molecule has 1 amide bonds. The lowest BCUT2D eigenvalue weighted by Crippen LogP contribution is -2.18. The molecule has 6 nitrogen and oxygen atoms in total. The van der Waals surface area contributed by atoms with E-state index in [0.29, 0.717) is 18.1 Å². The lowest BCUT2D eigenvalue weighted by Gasteiger charge is -2.10. The number of amides is 1. The van der Waals surface area contributed by atoms with E-state index >= 15 is 0 Å². The number of hydrogen-bond donors (Lipinski definition) is 1. The minimum Gasteiger partial charge on any atom is -0.493 e. The van der Waals surface area contributed by atoms with Crippen LogP contribution in [-0.4, -0.2) is 33.1 Å². The fourth-order valence-electron chi connectivity index (χ4n) is 1.34. The highest BCUT2D eigenvalue weighted by Gasteiger charge is 2.09. The van der Waals surface area contributed by atoms with Gasteiger partial charge in [-0.15, -0.1) is 0 Å². The number of carbonyl (C=O) groups excluding carboxylic acids is 1. The molecule has 0 aliphatic rings. The molecule has 19 heavy (non-hydrogen) atoms. The second-order valence-electron chi connectivity index (χ2n) is 3.33. The number of halogens is 1. The van der Waals surface area contributed by atoms with Crippen molar-refractivity contribution in [3.05, 3.63) is 22.2 Å². The van der Waals surface area contributed by atoms with Gasteiger partial charge in [-0.2, -0.15) is 5.10 Å². The molecule has 0 fully saturated rings. The Labute approximate surface area is 119 Å². The molecular weight excluding hydrogens is 316 g/mol. The Hall–Kier alpha value is -1.76. The van der Waals surface area contributed by atoms with Crippen molar-refractivity contribution in [3.8, 4) is 11.5 Å². The maximum Gasteiger partial charge on any atom is 0.427 e. The topological polar surface area (TPSA) is 69.2 Å². The van der Waals surface area contributed by atoms with Gasteiger partial charge in [0, 0.05) is 0 Å². The van der Waals surface area contributed by atoms with Crippen LogP contribution < -0.4 is 14.9 Å². The lowest BCUT2D eigenvalue weighted by molar-refractivity contribution is 0.152. The minimum atomic E-state index is -0.599. The average molecular weight is 331 g/mol. The number of ether oxygens (including phenoxy) is 3. The van der Waals surface area contributed by atoms with Crippen molar-refractivity contribution in [1.29, 1.82) is 0 Å². The van der Waals surface area contributed by atoms with Crippen molar-refractivity contribution in [3.63, 3.8) is 0 Å². The van der Waals surface area contributed by atoms with E-state index in [1.807, 2.05) is 0 Å². The zero-order valence-corrected chi connectivity index (χ0v) is 12.5. The largest absolute Gasteiger partial charge is 0.493 e. The van der Waals surface area contributed by atoms with Crippen molar-refractivity contribution < 1.29 is 19.0 Å². The molecule has 1 aromatic rings. The second kappa shape index (κ2) is 7.63. The van der Waals surface area contributed by atoms with Crippen LogP contribution in [0.5, 0.6) is 11.5 Å². The number of carbonyl (C=O) groups is 1. The first-order chi connectivity index (χ1) is 9.12. The molecule has 0 aliphatic heterocycles. The van der Waals surface area contributed by atoms with Crippen molar-refractivity contribution in [2.24, 2.45) is 5.10 Å². The van der Waals surface area contributed by atoms with Gasteiger partial charge < -0.3 is 14.2 Å². The first kappa shape index (κ1) is 15.3. The van der Waals surface area contributed by atoms with Crippen molar-refractivity contribution in [2.75, 3.05) is 20.8 Å². The summed E-state index contributed by atoms with van der Waals surface area (Å²) in [7, 11) is 3.10. The summed E-state index contributed by atoms with van der Waals surface area (Å²) in [5.41, 5.74) is 2.98. The molecule has 0 saturated carbocycles. The highest BCUT2D eigenvalue weighted by molar-refractivity contribution is 9.10. The summed E-state index contributed by atoms with van der Waals surface area (Å²) in [6.45, 7) is 2.01. The summed E-state index contributed by atoms with van der Waals surface area (Å²) in [6, 6.07) is 3.53. The summed E-state index contributed by atoms with van der Waals surface area (Å²) in [5.74, 6) is 1.16. The second-order valence-corrected chi connectivity index (χ2v) is 4.18. The minimum absolute atomic E-state index is 0.295. The smallest absolute Gasteiger partial charge is 0.427 e. The molecule has 1 rings (SSSR count). The zero-order chi connectivity index (χ0) is 14.3. The van der Waals surface area contributed by atoms with Gasteiger partial charge in [0.15, 0.2) is 11.5 Å². The predicted molar refractivity (Wildman–Crippen MR) is 75.0 cm³/mol. The van der Waals surface area contributed by atoms with E-state index in [-0.39, 0.29) is 0 Å². The normalized spacial score (nSPS) is 10.3. The Balaban J connectivity index is 2.82. The number of hydrazone groups is 1. The van der Waals surface area contributed by atoms with Crippen LogP contribution in [-0.2, 0) is 4.74 Å². The Kier molecular flexibility index (Phi) is 6.14. The number of rotatable bonds is 5. The molecule has 0 aromatic heterocycles. The molecule has 0 spiro atoms. The summed E-state index contributed by atoms with van der Waals surface area (Å²) < 4.78 is 15.8. The maximum absolute atomic E-state index is 11.0. The van der Waals surface area contributed by atoms with Gasteiger partial charge in [-0.3, -0.25) is 0 Å². The van der Waals surface area contributed by atoms with Gasteiger partial charge >= 0.3 is 6.09 Å². The Morgan fingerprint density at radius 3 is 2.74 bits per heavy atom. The maximum atomic E-state index is 11.0. The number of nitrogens with zero attached hydrogens (tertiary/aromatic N) is 1. The third-order valence-electron chi connectivity index (χ3n) is 2.10. The molecular formula is C12H15BrN2O4. The quantitative estimate of drug-likeness (QED) is 0.665. The summed E-state index contributed by atoms with van der Waals surface area (Å²) in [6.07, 6.45) is 0.877. The fraction of sp³-hybridized carbons (Fsp3) is 0.333. The van der Waals surface area contributed by atoms with Gasteiger partial charge in [-0.25, -0.2) is 10.2 Å². The van der Waals surface area contributed by atoms with E-state index in [9.17, 15) is 4.79 Å². The molecule has 0 saturated heterocycles. The van der Waals surface area contributed by atoms with Crippen LogP contribution in [0.1, 0.15) is 12.5 Å². The highest BCUT2D eigenvalue weighted by atomic mass is 79.9. The zero-order valence-electron chi connectivity index (χ0n) is 10.9. The van der Waals surface area contributed by atoms with E-state index in [1.165, 1.54) is 6.21 Å². The van der Waals surface area contributed by atoms with E-state index in [4.69, 9.17) is 9.47 Å². The fourth-order valence-corrected chi connectivity index (χ4v) is 1.96. The van der Waals surface area contributed by atoms with E-state index in [2.05, 4.69) is 31.2 Å². The van der Waals surface area contributed by atoms with Crippen LogP contribution in [0, 0.1) is 0 Å². The Morgan fingerprint density at radius 1 is 1.42 bits per heavy atom. The molecule has 0 unspecified atom stereocenters. The van der Waals surface area contributed by atoms with Crippen molar-refractivity contribution >= 4 is 28.2 Å². The number of nitrogens with one attached hydrogen (secondary N) is 1. The van der Waals surface area contributed by atoms with E-state index in [0.717, 1.165) is 10.0 Å². The lowest BCUT2D eigenvalue weighted by atomic mass is 10.2. The summed E-state index contributed by atoms with van der Waals surface area (Å²) >= 11 is 3.37. The molecule has 104 valence electrons. The molecule has 1 N–H and O–H groups in total. The Bertz CT molecular complexity index is 477. The molecule has 0 atom stereocenters. The highest BCUT2D eigenvalue weighted by Crippen LogP contribution is 2.35. The van der Waals surface area contributed by atoms with E-state index < -0.39 is 6.09 Å². The van der Waals surface area contributed by atoms with Gasteiger partial charge in [0.05, 0.1) is 31.5 Å². The standard InChI is InChI=1S/C12H15BrN2O4/c1-4-19-12(16)15-14-7-8-5-9(13)11(18-3)10(6-8)17-2/h5-7H,4H2,1-3H3,(H,15,16)/b14-7-. The number of hydrogen-bond acceptors (Lipinski definition) is 5. The first-order valence-electron chi connectivity index (χ1n) is 5.49. The molecule has 0 bridgehead atoms. The first-order valence-corrected chi connectivity index (χ1v) is 6.29.